The Morgan fingerprint density at radius 3 is 2.77 bits per heavy atom. The first kappa shape index (κ1) is 15.5. The normalized spacial score (nSPS) is 19.3. The van der Waals surface area contributed by atoms with Crippen molar-refractivity contribution in [1.82, 2.24) is 0 Å². The van der Waals surface area contributed by atoms with Gasteiger partial charge in [0, 0.05) is 0 Å². The Labute approximate surface area is 135 Å². The number of carboxylic acid groups (broad SMARTS) is 1. The Bertz CT molecular complexity index is 614. The van der Waals surface area contributed by atoms with Gasteiger partial charge in [0.05, 0.1) is 0 Å². The van der Waals surface area contributed by atoms with Gasteiger partial charge in [-0.3, -0.25) is 0 Å². The second-order valence-electron chi connectivity index (χ2n) is 5.56. The molecule has 0 radical (unpaired) electrons. The summed E-state index contributed by atoms with van der Waals surface area (Å²) in [5.41, 5.74) is 0.314. The van der Waals surface area contributed by atoms with Gasteiger partial charge < -0.3 is 0 Å². The molecule has 1 aromatic rings. The average Bonchev–Trinajstić information content (AvgIpc) is 3.14. The fourth-order valence-electron chi connectivity index (χ4n) is 3.22. The molecule has 1 N–H and O–H groups in total. The van der Waals surface area contributed by atoms with Gasteiger partial charge in [0.15, 0.2) is 0 Å². The maximum absolute atomic E-state index is 11.9. The quantitative estimate of drug-likeness (QED) is 0.759. The number of aromatic carboxylic acids is 1. The predicted molar refractivity (Wildman–Crippen MR) is 79.3 cm³/mol. The van der Waals surface area contributed by atoms with Gasteiger partial charge in [-0.1, -0.05) is 0 Å². The number of esters is 1. The van der Waals surface area contributed by atoms with Crippen molar-refractivity contribution in [2.75, 3.05) is 13.4 Å². The van der Waals surface area contributed by atoms with Gasteiger partial charge in [0.1, 0.15) is 0 Å². The van der Waals surface area contributed by atoms with Gasteiger partial charge in [-0.2, -0.15) is 0 Å². The van der Waals surface area contributed by atoms with Gasteiger partial charge in [-0.05, 0) is 0 Å². The minimum atomic E-state index is -2.32. The van der Waals surface area contributed by atoms with Crippen LogP contribution in [0.25, 0.3) is 0 Å². The molecule has 1 fully saturated rings. The van der Waals surface area contributed by atoms with Gasteiger partial charge in [0.25, 0.3) is 0 Å². The van der Waals surface area contributed by atoms with Crippen LogP contribution < -0.4 is 12.8 Å². The number of benzene rings is 1. The van der Waals surface area contributed by atoms with E-state index >= 15 is 0 Å². The summed E-state index contributed by atoms with van der Waals surface area (Å²) in [6.45, 7) is 2.32. The van der Waals surface area contributed by atoms with Crippen molar-refractivity contribution in [2.45, 2.75) is 21.7 Å². The molecular weight excluding hydrogens is 391 g/mol. The molecule has 1 unspecified atom stereocenters. The SMILES string of the molecule is CCOC(=O)C1C[CH2][In]([c]2cc3c(cc2C(=O)O)OCO3)[CH2]1. The van der Waals surface area contributed by atoms with E-state index in [9.17, 15) is 14.7 Å². The number of rotatable bonds is 4. The first-order valence-corrected chi connectivity index (χ1v) is 13.7. The Morgan fingerprint density at radius 2 is 2.09 bits per heavy atom. The Morgan fingerprint density at radius 1 is 1.36 bits per heavy atom. The molecule has 7 heteroatoms. The van der Waals surface area contributed by atoms with Gasteiger partial charge in [-0.25, -0.2) is 0 Å². The van der Waals surface area contributed by atoms with Crippen molar-refractivity contribution in [3.8, 4) is 11.5 Å². The Kier molecular flexibility index (Phi) is 4.52. The molecular formula is C15H17InO6. The number of hydrogen-bond acceptors (Lipinski definition) is 5. The van der Waals surface area contributed by atoms with Crippen LogP contribution in [0.5, 0.6) is 11.5 Å². The van der Waals surface area contributed by atoms with Crippen LogP contribution in [0.2, 0.25) is 8.35 Å². The first-order chi connectivity index (χ1) is 10.6. The monoisotopic (exact) mass is 408 g/mol. The maximum atomic E-state index is 11.9. The van der Waals surface area contributed by atoms with E-state index in [4.69, 9.17) is 14.2 Å². The molecule has 0 amide bonds. The third kappa shape index (κ3) is 2.91. The second-order valence-corrected chi connectivity index (χ2v) is 14.3. The van der Waals surface area contributed by atoms with Crippen LogP contribution in [0.4, 0.5) is 0 Å². The molecule has 2 aliphatic heterocycles. The van der Waals surface area contributed by atoms with Crippen molar-refractivity contribution in [1.29, 1.82) is 0 Å². The summed E-state index contributed by atoms with van der Waals surface area (Å²) in [5.74, 6) is -0.0274. The van der Waals surface area contributed by atoms with Crippen molar-refractivity contribution < 1.29 is 28.9 Å². The summed E-state index contributed by atoms with van der Waals surface area (Å²) >= 11 is -2.32. The second kappa shape index (κ2) is 6.40. The van der Waals surface area contributed by atoms with Crippen LogP contribution in [-0.4, -0.2) is 51.9 Å². The molecule has 0 aliphatic carbocycles. The molecule has 0 spiro atoms. The molecule has 3 rings (SSSR count). The fraction of sp³-hybridized carbons (Fsp3) is 0.467. The van der Waals surface area contributed by atoms with Gasteiger partial charge in [0.2, 0.25) is 0 Å². The molecule has 1 saturated heterocycles. The predicted octanol–water partition coefficient (Wildman–Crippen LogP) is 1.40. The van der Waals surface area contributed by atoms with Crippen molar-refractivity contribution in [2.24, 2.45) is 5.92 Å². The molecule has 6 nitrogen and oxygen atoms in total. The van der Waals surface area contributed by atoms with E-state index in [1.165, 1.54) is 0 Å². The van der Waals surface area contributed by atoms with Crippen molar-refractivity contribution >= 4 is 36.7 Å². The standard InChI is InChI=1S/C8H5O4.C7H12O2.In/c9-8(10)5-1-2-6-7(3-5)12-4-11-6;1-4-6(3)7(8)9-5-2;/h2-3H,4H2,(H,9,10);6H,1,3-5H2,2H3;. The molecule has 22 heavy (non-hydrogen) atoms. The number of carboxylic acids is 1. The molecule has 0 aromatic heterocycles. The van der Waals surface area contributed by atoms with E-state index in [0.29, 0.717) is 23.7 Å². The molecule has 0 bridgehead atoms. The van der Waals surface area contributed by atoms with Gasteiger partial charge >= 0.3 is 136 Å². The van der Waals surface area contributed by atoms with E-state index in [2.05, 4.69) is 0 Å². The van der Waals surface area contributed by atoms with E-state index in [1.54, 1.807) is 13.0 Å². The molecule has 1 atom stereocenters. The minimum absolute atomic E-state index is 0.0622. The number of carbonyl (C=O) groups excluding carboxylic acids is 1. The third-order valence-corrected chi connectivity index (χ3v) is 14.3. The molecule has 116 valence electrons. The summed E-state index contributed by atoms with van der Waals surface area (Å²) < 4.78 is 18.4. The number of hydrogen-bond donors (Lipinski definition) is 1. The van der Waals surface area contributed by atoms with Crippen LogP contribution in [0.3, 0.4) is 0 Å². The molecule has 0 saturated carbocycles. The van der Waals surface area contributed by atoms with Crippen LogP contribution in [0.15, 0.2) is 12.1 Å². The number of carbonyl (C=O) groups is 2. The zero-order valence-corrected chi connectivity index (χ0v) is 15.6. The summed E-state index contributed by atoms with van der Waals surface area (Å²) in [5, 5.41) is 9.46. The van der Waals surface area contributed by atoms with Crippen LogP contribution >= 0.6 is 0 Å². The summed E-state index contributed by atoms with van der Waals surface area (Å²) in [4.78, 5) is 23.4. The van der Waals surface area contributed by atoms with Crippen molar-refractivity contribution in [3.05, 3.63) is 17.7 Å². The zero-order valence-electron chi connectivity index (χ0n) is 12.3. The van der Waals surface area contributed by atoms with E-state index in [-0.39, 0.29) is 18.7 Å². The van der Waals surface area contributed by atoms with E-state index in [0.717, 1.165) is 18.1 Å². The van der Waals surface area contributed by atoms with Crippen LogP contribution in [-0.2, 0) is 9.53 Å². The summed E-state index contributed by atoms with van der Waals surface area (Å²) in [6, 6.07) is 3.40. The van der Waals surface area contributed by atoms with E-state index in [1.807, 2.05) is 6.07 Å². The average molecular weight is 408 g/mol. The third-order valence-electron chi connectivity index (χ3n) is 4.27. The Balaban J connectivity index is 1.86. The fourth-order valence-corrected chi connectivity index (χ4v) is 13.9. The van der Waals surface area contributed by atoms with Gasteiger partial charge in [-0.15, -0.1) is 0 Å². The van der Waals surface area contributed by atoms with Crippen molar-refractivity contribution in [3.63, 3.8) is 0 Å². The zero-order chi connectivity index (χ0) is 15.7. The number of fused-ring (bicyclic) bond motifs is 1. The molecule has 1 aromatic carbocycles. The molecule has 2 heterocycles. The Hall–Kier alpha value is -1.37. The molecule has 2 aliphatic rings. The first-order valence-electron chi connectivity index (χ1n) is 7.43. The summed E-state index contributed by atoms with van der Waals surface area (Å²) in [6.07, 6.45) is 0.813. The van der Waals surface area contributed by atoms with Crippen LogP contribution in [0.1, 0.15) is 23.7 Å². The van der Waals surface area contributed by atoms with E-state index < -0.39 is 27.4 Å². The number of ether oxygens (including phenoxy) is 3. The topological polar surface area (TPSA) is 82.1 Å². The summed E-state index contributed by atoms with van der Waals surface area (Å²) in [7, 11) is 0. The van der Waals surface area contributed by atoms with Crippen LogP contribution in [0, 0.1) is 5.92 Å².